The zero-order valence-corrected chi connectivity index (χ0v) is 33.7. The number of aromatic nitrogens is 3. The Kier molecular flexibility index (Phi) is 7.28. The maximum absolute atomic E-state index is 5.75. The van der Waals surface area contributed by atoms with Crippen molar-refractivity contribution in [3.8, 4) is 39.6 Å². The van der Waals surface area contributed by atoms with E-state index in [1.165, 1.54) is 65.1 Å². The van der Waals surface area contributed by atoms with Crippen LogP contribution >= 0.6 is 11.3 Å². The van der Waals surface area contributed by atoms with Crippen LogP contribution in [0.15, 0.2) is 200 Å². The summed E-state index contributed by atoms with van der Waals surface area (Å²) in [5, 5.41) is 5.18. The molecule has 0 aliphatic carbocycles. The van der Waals surface area contributed by atoms with E-state index in [1.807, 2.05) is 11.3 Å². The summed E-state index contributed by atoms with van der Waals surface area (Å²) in [7, 11) is 0. The summed E-state index contributed by atoms with van der Waals surface area (Å²) < 4.78 is 10.5. The van der Waals surface area contributed by atoms with Crippen LogP contribution in [0.5, 0.6) is 0 Å². The van der Waals surface area contributed by atoms with E-state index in [-0.39, 0.29) is 0 Å². The van der Waals surface area contributed by atoms with Gasteiger partial charge in [-0.1, -0.05) is 0 Å². The van der Waals surface area contributed by atoms with Crippen LogP contribution < -0.4 is 17.6 Å². The SMILES string of the molecule is c1ccc(-c2nc(-c3ccccc3-n3c4ccccc4c4c5c(ccc43)sc3ccccc35)[c]3c(n2)-c2cccc[c]2[Ge]3([c]2ccccc2)[c]2ccccc2)cc1. The molecule has 1 aliphatic rings. The third kappa shape index (κ3) is 4.66. The normalized spacial score (nSPS) is 13.1. The molecule has 11 aromatic rings. The Morgan fingerprint density at radius 1 is 0.421 bits per heavy atom. The second-order valence-electron chi connectivity index (χ2n) is 14.8. The first kappa shape index (κ1) is 32.6. The Bertz CT molecular complexity index is 3310. The summed E-state index contributed by atoms with van der Waals surface area (Å²) in [5.41, 5.74) is 8.84. The summed E-state index contributed by atoms with van der Waals surface area (Å²) >= 11 is -1.91. The molecule has 0 N–H and O–H groups in total. The monoisotopic (exact) mass is 805 g/mol. The average molecular weight is 805 g/mol. The molecule has 0 atom stereocenters. The molecule has 12 rings (SSSR count). The molecule has 0 saturated carbocycles. The molecule has 0 saturated heterocycles. The Balaban J connectivity index is 1.25. The van der Waals surface area contributed by atoms with Gasteiger partial charge < -0.3 is 0 Å². The van der Waals surface area contributed by atoms with Crippen molar-refractivity contribution in [3.05, 3.63) is 200 Å². The van der Waals surface area contributed by atoms with Gasteiger partial charge in [0.05, 0.1) is 0 Å². The van der Waals surface area contributed by atoms with Crippen LogP contribution in [0.25, 0.3) is 81.6 Å². The van der Waals surface area contributed by atoms with Crippen LogP contribution in [0.1, 0.15) is 0 Å². The summed E-state index contributed by atoms with van der Waals surface area (Å²) in [5.74, 6) is 0.738. The van der Waals surface area contributed by atoms with Crippen molar-refractivity contribution in [1.29, 1.82) is 0 Å². The van der Waals surface area contributed by atoms with E-state index in [0.29, 0.717) is 0 Å². The second kappa shape index (κ2) is 12.7. The fraction of sp³-hybridized carbons (Fsp3) is 0. The number of para-hydroxylation sites is 2. The van der Waals surface area contributed by atoms with E-state index in [4.69, 9.17) is 9.97 Å². The molecule has 4 heterocycles. The van der Waals surface area contributed by atoms with Crippen molar-refractivity contribution in [2.45, 2.75) is 0 Å². The van der Waals surface area contributed by atoms with Gasteiger partial charge in [0.2, 0.25) is 0 Å². The van der Waals surface area contributed by atoms with Gasteiger partial charge in [-0.2, -0.15) is 0 Å². The Morgan fingerprint density at radius 3 is 1.75 bits per heavy atom. The van der Waals surface area contributed by atoms with Crippen molar-refractivity contribution >= 4 is 84.2 Å². The van der Waals surface area contributed by atoms with E-state index >= 15 is 0 Å². The van der Waals surface area contributed by atoms with Crippen molar-refractivity contribution in [3.63, 3.8) is 0 Å². The number of fused-ring (bicyclic) bond motifs is 10. The van der Waals surface area contributed by atoms with Gasteiger partial charge in [0.1, 0.15) is 0 Å². The van der Waals surface area contributed by atoms with E-state index in [9.17, 15) is 0 Å². The Hall–Kier alpha value is -6.60. The molecule has 5 heteroatoms. The topological polar surface area (TPSA) is 30.7 Å². The minimum absolute atomic E-state index is 0.738. The summed E-state index contributed by atoms with van der Waals surface area (Å²) in [6, 6.07) is 73.3. The molecule has 0 radical (unpaired) electrons. The predicted molar refractivity (Wildman–Crippen MR) is 243 cm³/mol. The molecule has 0 spiro atoms. The van der Waals surface area contributed by atoms with Crippen LogP contribution in [0.2, 0.25) is 0 Å². The first-order valence-electron chi connectivity index (χ1n) is 19.4. The second-order valence-corrected chi connectivity index (χ2v) is 23.6. The first-order chi connectivity index (χ1) is 28.3. The molecule has 0 bridgehead atoms. The molecule has 266 valence electrons. The van der Waals surface area contributed by atoms with Crippen LogP contribution in [0.4, 0.5) is 0 Å². The summed E-state index contributed by atoms with van der Waals surface area (Å²) in [6.45, 7) is 0. The van der Waals surface area contributed by atoms with Crippen LogP contribution in [-0.4, -0.2) is 27.8 Å². The number of nitrogens with zero attached hydrogens (tertiary/aromatic N) is 3. The van der Waals surface area contributed by atoms with Crippen molar-refractivity contribution in [2.24, 2.45) is 0 Å². The van der Waals surface area contributed by atoms with Crippen LogP contribution in [0, 0.1) is 0 Å². The third-order valence-corrected chi connectivity index (χ3v) is 23.2. The van der Waals surface area contributed by atoms with Gasteiger partial charge in [0.25, 0.3) is 0 Å². The molecule has 0 unspecified atom stereocenters. The number of hydrogen-bond acceptors (Lipinski definition) is 3. The van der Waals surface area contributed by atoms with Crippen molar-refractivity contribution in [1.82, 2.24) is 14.5 Å². The number of thiophene rings is 1. The summed E-state index contributed by atoms with van der Waals surface area (Å²) in [4.78, 5) is 11.3. The van der Waals surface area contributed by atoms with Gasteiger partial charge >= 0.3 is 338 Å². The van der Waals surface area contributed by atoms with Crippen molar-refractivity contribution < 1.29 is 0 Å². The van der Waals surface area contributed by atoms with Gasteiger partial charge in [-0.15, -0.1) is 0 Å². The molecular formula is C52H33GeN3S. The van der Waals surface area contributed by atoms with Crippen molar-refractivity contribution in [2.75, 3.05) is 0 Å². The van der Waals surface area contributed by atoms with Crippen LogP contribution in [0.3, 0.4) is 0 Å². The predicted octanol–water partition coefficient (Wildman–Crippen LogP) is 10.6. The minimum atomic E-state index is -3.79. The van der Waals surface area contributed by atoms with Crippen LogP contribution in [-0.2, 0) is 0 Å². The standard InChI is InChI=1S/C52H33GeN3S/c1-4-18-34(19-5-1)52-54-50-37-24-10-14-28-41(37)53(35-20-6-2-7-21-35,36-22-8-3-9-23-36)49(50)51(55-52)39-26-12-16-30-43(39)56-42-29-15-11-25-38(42)47-44(56)32-33-46-48(47)40-27-13-17-31-45(40)57-46/h1-33H. The molecular weight excluding hydrogens is 771 g/mol. The van der Waals surface area contributed by atoms with E-state index in [1.54, 1.807) is 0 Å². The van der Waals surface area contributed by atoms with Gasteiger partial charge in [0.15, 0.2) is 0 Å². The Labute approximate surface area is 336 Å². The van der Waals surface area contributed by atoms with Gasteiger partial charge in [-0.05, 0) is 0 Å². The zero-order valence-electron chi connectivity index (χ0n) is 30.8. The van der Waals surface area contributed by atoms with E-state index < -0.39 is 13.3 Å². The quantitative estimate of drug-likeness (QED) is 0.162. The molecule has 3 nitrogen and oxygen atoms in total. The average Bonchev–Trinajstić information content (AvgIpc) is 3.93. The molecule has 0 fully saturated rings. The van der Waals surface area contributed by atoms with E-state index in [2.05, 4.69) is 205 Å². The zero-order chi connectivity index (χ0) is 37.5. The van der Waals surface area contributed by atoms with Gasteiger partial charge in [0, 0.05) is 0 Å². The first-order valence-corrected chi connectivity index (χ1v) is 24.4. The number of rotatable bonds is 5. The maximum atomic E-state index is 5.75. The number of hydrogen-bond donors (Lipinski definition) is 0. The fourth-order valence-electron chi connectivity index (χ4n) is 9.62. The number of benzene rings is 8. The fourth-order valence-corrected chi connectivity index (χ4v) is 21.7. The Morgan fingerprint density at radius 2 is 1.00 bits per heavy atom. The molecule has 3 aromatic heterocycles. The van der Waals surface area contributed by atoms with E-state index in [0.717, 1.165) is 34.0 Å². The molecule has 0 amide bonds. The van der Waals surface area contributed by atoms with Gasteiger partial charge in [-0.3, -0.25) is 0 Å². The third-order valence-electron chi connectivity index (χ3n) is 11.9. The summed E-state index contributed by atoms with van der Waals surface area (Å²) in [6.07, 6.45) is 0. The van der Waals surface area contributed by atoms with Gasteiger partial charge in [-0.25, -0.2) is 0 Å². The molecule has 1 aliphatic heterocycles. The molecule has 8 aromatic carbocycles. The molecule has 57 heavy (non-hydrogen) atoms.